The highest BCUT2D eigenvalue weighted by atomic mass is 32.1. The molecule has 0 radical (unpaired) electrons. The number of piperidine rings is 1. The van der Waals surface area contributed by atoms with Gasteiger partial charge >= 0.3 is 0 Å². The summed E-state index contributed by atoms with van der Waals surface area (Å²) in [4.78, 5) is 8.04. The van der Waals surface area contributed by atoms with E-state index in [1.807, 2.05) is 25.3 Å². The van der Waals surface area contributed by atoms with E-state index in [0.717, 1.165) is 55.0 Å². The summed E-state index contributed by atoms with van der Waals surface area (Å²) in [5, 5.41) is 9.29. The summed E-state index contributed by atoms with van der Waals surface area (Å²) >= 11 is 5.35. The molecule has 0 bridgehead atoms. The second kappa shape index (κ2) is 7.01. The quantitative estimate of drug-likeness (QED) is 0.658. The normalized spacial score (nSPS) is 16.4. The first-order valence-corrected chi connectivity index (χ1v) is 9.53. The predicted molar refractivity (Wildman–Crippen MR) is 108 cm³/mol. The van der Waals surface area contributed by atoms with Crippen LogP contribution in [0.25, 0.3) is 5.57 Å². The Morgan fingerprint density at radius 1 is 1.12 bits per heavy atom. The van der Waals surface area contributed by atoms with E-state index in [2.05, 4.69) is 29.2 Å². The molecule has 2 aliphatic rings. The fourth-order valence-electron chi connectivity index (χ4n) is 4.08. The molecule has 1 fully saturated rings. The fourth-order valence-corrected chi connectivity index (χ4v) is 4.26. The zero-order valence-corrected chi connectivity index (χ0v) is 15.8. The highest BCUT2D eigenvalue weighted by Gasteiger charge is 2.25. The van der Waals surface area contributed by atoms with Crippen LogP contribution in [0, 0.1) is 11.3 Å². The number of pyridine rings is 1. The molecule has 0 unspecified atom stereocenters. The number of rotatable bonds is 0. The Morgan fingerprint density at radius 3 is 2.62 bits per heavy atom. The number of hydrogen-bond donors (Lipinski definition) is 0. The lowest BCUT2D eigenvalue weighted by molar-refractivity contribution is 0.393. The Labute approximate surface area is 160 Å². The first-order valence-electron chi connectivity index (χ1n) is 9.12. The molecule has 0 N–H and O–H groups in total. The summed E-state index contributed by atoms with van der Waals surface area (Å²) in [6.07, 6.45) is 5.83. The maximum atomic E-state index is 9.29. The summed E-state index contributed by atoms with van der Waals surface area (Å²) in [5.74, 6) is 0. The van der Waals surface area contributed by atoms with Gasteiger partial charge in [0.1, 0.15) is 0 Å². The van der Waals surface area contributed by atoms with Crippen LogP contribution in [0.1, 0.15) is 47.7 Å². The lowest BCUT2D eigenvalue weighted by Crippen LogP contribution is -2.33. The largest absolute Gasteiger partial charge is 0.366 e. The summed E-state index contributed by atoms with van der Waals surface area (Å²) in [6, 6.07) is 12.6. The van der Waals surface area contributed by atoms with E-state index in [1.54, 1.807) is 0 Å². The zero-order valence-electron chi connectivity index (χ0n) is 15.0. The van der Waals surface area contributed by atoms with Gasteiger partial charge in [0.15, 0.2) is 0 Å². The molecular weight excluding hydrogens is 338 g/mol. The lowest BCUT2D eigenvalue weighted by atomic mass is 9.88. The standard InChI is InChI=1S/C22H21N3S/c1-15(26)25-11-8-17(9-12-25)21-20-7-4-16(14-23)13-19(20)6-5-18-3-2-10-24-22(18)21/h2-4,7,10,13H,5-6,8-9,11-12H2,1H3. The molecule has 2 aromatic rings. The summed E-state index contributed by atoms with van der Waals surface area (Å²) in [5.41, 5.74) is 8.43. The molecule has 0 amide bonds. The van der Waals surface area contributed by atoms with Crippen molar-refractivity contribution in [2.45, 2.75) is 32.6 Å². The Kier molecular flexibility index (Phi) is 4.57. The third kappa shape index (κ3) is 3.04. The van der Waals surface area contributed by atoms with Gasteiger partial charge in [-0.3, -0.25) is 4.98 Å². The smallest absolute Gasteiger partial charge is 0.0991 e. The zero-order chi connectivity index (χ0) is 18.1. The van der Waals surface area contributed by atoms with E-state index in [4.69, 9.17) is 17.2 Å². The Morgan fingerprint density at radius 2 is 1.88 bits per heavy atom. The number of aromatic nitrogens is 1. The molecule has 3 nitrogen and oxygen atoms in total. The molecule has 26 heavy (non-hydrogen) atoms. The van der Waals surface area contributed by atoms with E-state index >= 15 is 0 Å². The second-order valence-electron chi connectivity index (χ2n) is 6.98. The molecule has 2 heterocycles. The van der Waals surface area contributed by atoms with E-state index in [-0.39, 0.29) is 0 Å². The van der Waals surface area contributed by atoms with Crippen LogP contribution in [0.4, 0.5) is 0 Å². The topological polar surface area (TPSA) is 39.9 Å². The van der Waals surface area contributed by atoms with Gasteiger partial charge in [0.2, 0.25) is 0 Å². The minimum absolute atomic E-state index is 0.734. The van der Waals surface area contributed by atoms with Gasteiger partial charge in [-0.2, -0.15) is 5.26 Å². The number of aryl methyl sites for hydroxylation is 2. The molecular formula is C22H21N3S. The maximum Gasteiger partial charge on any atom is 0.0991 e. The first-order chi connectivity index (χ1) is 12.7. The van der Waals surface area contributed by atoms with Gasteiger partial charge in [-0.05, 0) is 67.5 Å². The molecule has 1 aliphatic heterocycles. The van der Waals surface area contributed by atoms with E-state index < -0.39 is 0 Å². The average molecular weight is 359 g/mol. The molecule has 130 valence electrons. The van der Waals surface area contributed by atoms with E-state index in [1.165, 1.54) is 27.8 Å². The van der Waals surface area contributed by atoms with Gasteiger partial charge in [-0.15, -0.1) is 0 Å². The van der Waals surface area contributed by atoms with Crippen molar-refractivity contribution in [2.24, 2.45) is 0 Å². The van der Waals surface area contributed by atoms with Crippen molar-refractivity contribution in [1.82, 2.24) is 9.88 Å². The van der Waals surface area contributed by atoms with Crippen LogP contribution in [0.3, 0.4) is 0 Å². The summed E-state index contributed by atoms with van der Waals surface area (Å²) in [6.45, 7) is 3.96. The number of fused-ring (bicyclic) bond motifs is 2. The highest BCUT2D eigenvalue weighted by Crippen LogP contribution is 2.37. The van der Waals surface area contributed by atoms with Crippen molar-refractivity contribution >= 4 is 22.8 Å². The van der Waals surface area contributed by atoms with E-state index in [0.29, 0.717) is 0 Å². The Balaban J connectivity index is 1.86. The molecule has 0 atom stereocenters. The van der Waals surface area contributed by atoms with Crippen LogP contribution in [-0.4, -0.2) is 28.0 Å². The number of nitrogens with zero attached hydrogens (tertiary/aromatic N) is 3. The lowest BCUT2D eigenvalue weighted by Gasteiger charge is -2.31. The third-order valence-electron chi connectivity index (χ3n) is 5.46. The first kappa shape index (κ1) is 16.9. The fraction of sp³-hybridized carbons (Fsp3) is 0.318. The van der Waals surface area contributed by atoms with Crippen molar-refractivity contribution in [3.63, 3.8) is 0 Å². The summed E-state index contributed by atoms with van der Waals surface area (Å²) in [7, 11) is 0. The average Bonchev–Trinajstić information content (AvgIpc) is 2.84. The van der Waals surface area contributed by atoms with Crippen LogP contribution in [-0.2, 0) is 12.8 Å². The van der Waals surface area contributed by atoms with Crippen LogP contribution >= 0.6 is 12.2 Å². The molecule has 1 aromatic heterocycles. The van der Waals surface area contributed by atoms with Crippen molar-refractivity contribution in [3.05, 3.63) is 70.0 Å². The number of likely N-dealkylation sites (tertiary alicyclic amines) is 1. The molecule has 4 heteroatoms. The maximum absolute atomic E-state index is 9.29. The van der Waals surface area contributed by atoms with Crippen molar-refractivity contribution in [3.8, 4) is 6.07 Å². The van der Waals surface area contributed by atoms with Gasteiger partial charge in [-0.25, -0.2) is 0 Å². The van der Waals surface area contributed by atoms with Crippen molar-refractivity contribution in [2.75, 3.05) is 13.1 Å². The second-order valence-corrected chi connectivity index (χ2v) is 7.57. The van der Waals surface area contributed by atoms with Gasteiger partial charge in [-0.1, -0.05) is 29.9 Å². The number of nitriles is 1. The Bertz CT molecular complexity index is 942. The SMILES string of the molecule is CC(=S)N1CCC(=C2c3ccc(C#N)cc3CCc3cccnc32)CC1. The number of benzene rings is 1. The van der Waals surface area contributed by atoms with Crippen LogP contribution in [0.2, 0.25) is 0 Å². The number of thiocarbonyl (C=S) groups is 1. The summed E-state index contributed by atoms with van der Waals surface area (Å²) < 4.78 is 0. The number of hydrogen-bond acceptors (Lipinski definition) is 3. The van der Waals surface area contributed by atoms with Gasteiger partial charge in [0, 0.05) is 24.9 Å². The van der Waals surface area contributed by atoms with Crippen LogP contribution in [0.5, 0.6) is 0 Å². The van der Waals surface area contributed by atoms with Gasteiger partial charge < -0.3 is 4.90 Å². The van der Waals surface area contributed by atoms with Crippen LogP contribution < -0.4 is 0 Å². The predicted octanol–water partition coefficient (Wildman–Crippen LogP) is 4.30. The molecule has 0 saturated carbocycles. The van der Waals surface area contributed by atoms with Crippen LogP contribution in [0.15, 0.2) is 42.1 Å². The van der Waals surface area contributed by atoms with Gasteiger partial charge in [0.25, 0.3) is 0 Å². The van der Waals surface area contributed by atoms with Crippen molar-refractivity contribution in [1.29, 1.82) is 5.26 Å². The Hall–Kier alpha value is -2.51. The molecule has 1 aromatic carbocycles. The molecule has 0 spiro atoms. The van der Waals surface area contributed by atoms with Gasteiger partial charge in [0.05, 0.1) is 22.3 Å². The highest BCUT2D eigenvalue weighted by molar-refractivity contribution is 7.80. The van der Waals surface area contributed by atoms with E-state index in [9.17, 15) is 5.26 Å². The van der Waals surface area contributed by atoms with Crippen molar-refractivity contribution < 1.29 is 0 Å². The monoisotopic (exact) mass is 359 g/mol. The molecule has 1 aliphatic carbocycles. The molecule has 4 rings (SSSR count). The minimum Gasteiger partial charge on any atom is -0.366 e. The molecule has 1 saturated heterocycles. The third-order valence-corrected chi connectivity index (χ3v) is 5.72. The minimum atomic E-state index is 0.734.